The zero-order valence-corrected chi connectivity index (χ0v) is 19.3. The fourth-order valence-electron chi connectivity index (χ4n) is 2.50. The van der Waals surface area contributed by atoms with Gasteiger partial charge in [0.1, 0.15) is 5.75 Å². The summed E-state index contributed by atoms with van der Waals surface area (Å²) in [6, 6.07) is 6.34. The SMILES string of the molecule is CN=C(NCCc1ccc(C)c(OC)c1)NCCc1nc(C)c(C)s1.I. The van der Waals surface area contributed by atoms with Crippen LogP contribution >= 0.6 is 35.3 Å². The molecule has 0 spiro atoms. The molecule has 0 bridgehead atoms. The van der Waals surface area contributed by atoms with Crippen molar-refractivity contribution in [3.63, 3.8) is 0 Å². The molecule has 0 radical (unpaired) electrons. The van der Waals surface area contributed by atoms with E-state index in [9.17, 15) is 0 Å². The average molecular weight is 488 g/mol. The lowest BCUT2D eigenvalue weighted by atomic mass is 10.1. The normalized spacial score (nSPS) is 11.0. The number of nitrogens with zero attached hydrogens (tertiary/aromatic N) is 2. The lowest BCUT2D eigenvalue weighted by molar-refractivity contribution is 0.411. The molecule has 2 N–H and O–H groups in total. The van der Waals surface area contributed by atoms with Crippen LogP contribution in [0.15, 0.2) is 23.2 Å². The summed E-state index contributed by atoms with van der Waals surface area (Å²) in [6.45, 7) is 7.87. The summed E-state index contributed by atoms with van der Waals surface area (Å²) in [5.41, 5.74) is 3.54. The second-order valence-electron chi connectivity index (χ2n) is 5.98. The van der Waals surface area contributed by atoms with E-state index in [0.717, 1.165) is 48.9 Å². The molecule has 144 valence electrons. The van der Waals surface area contributed by atoms with Crippen LogP contribution in [0.5, 0.6) is 5.75 Å². The molecule has 2 aromatic rings. The van der Waals surface area contributed by atoms with E-state index in [4.69, 9.17) is 4.74 Å². The molecule has 0 aliphatic carbocycles. The molecule has 0 saturated carbocycles. The number of ether oxygens (including phenoxy) is 1. The molecule has 0 fully saturated rings. The van der Waals surface area contributed by atoms with Gasteiger partial charge in [0.05, 0.1) is 17.8 Å². The van der Waals surface area contributed by atoms with Crippen molar-refractivity contribution >= 4 is 41.3 Å². The van der Waals surface area contributed by atoms with Crippen LogP contribution in [0.4, 0.5) is 0 Å². The summed E-state index contributed by atoms with van der Waals surface area (Å²) in [5, 5.41) is 7.87. The minimum Gasteiger partial charge on any atom is -0.496 e. The molecule has 0 unspecified atom stereocenters. The van der Waals surface area contributed by atoms with E-state index in [0.29, 0.717) is 0 Å². The quantitative estimate of drug-likeness (QED) is 0.355. The van der Waals surface area contributed by atoms with Gasteiger partial charge in [-0.15, -0.1) is 35.3 Å². The van der Waals surface area contributed by atoms with E-state index < -0.39 is 0 Å². The van der Waals surface area contributed by atoms with Gasteiger partial charge in [-0.1, -0.05) is 12.1 Å². The van der Waals surface area contributed by atoms with Crippen LogP contribution in [0.1, 0.15) is 26.7 Å². The van der Waals surface area contributed by atoms with E-state index in [1.807, 2.05) is 0 Å². The molecule has 7 heteroatoms. The van der Waals surface area contributed by atoms with Gasteiger partial charge >= 0.3 is 0 Å². The van der Waals surface area contributed by atoms with Crippen LogP contribution < -0.4 is 15.4 Å². The number of hydrogen-bond donors (Lipinski definition) is 2. The monoisotopic (exact) mass is 488 g/mol. The largest absolute Gasteiger partial charge is 0.496 e. The molecule has 1 heterocycles. The van der Waals surface area contributed by atoms with Crippen LogP contribution in [-0.4, -0.2) is 38.2 Å². The second-order valence-corrected chi connectivity index (χ2v) is 7.27. The Labute approximate surface area is 177 Å². The highest BCUT2D eigenvalue weighted by atomic mass is 127. The van der Waals surface area contributed by atoms with Gasteiger partial charge in [-0.3, -0.25) is 4.99 Å². The lowest BCUT2D eigenvalue weighted by Crippen LogP contribution is -2.39. The van der Waals surface area contributed by atoms with Crippen molar-refractivity contribution in [2.45, 2.75) is 33.6 Å². The maximum absolute atomic E-state index is 5.38. The molecule has 2 rings (SSSR count). The van der Waals surface area contributed by atoms with E-state index in [1.54, 1.807) is 25.5 Å². The van der Waals surface area contributed by atoms with Crippen LogP contribution in [0.2, 0.25) is 0 Å². The van der Waals surface area contributed by atoms with Gasteiger partial charge in [0.15, 0.2) is 5.96 Å². The van der Waals surface area contributed by atoms with Crippen LogP contribution in [0.3, 0.4) is 0 Å². The summed E-state index contributed by atoms with van der Waals surface area (Å²) >= 11 is 1.77. The highest BCUT2D eigenvalue weighted by molar-refractivity contribution is 14.0. The molecule has 0 amide bonds. The van der Waals surface area contributed by atoms with Gasteiger partial charge in [0.2, 0.25) is 0 Å². The van der Waals surface area contributed by atoms with E-state index in [1.165, 1.54) is 15.4 Å². The first-order chi connectivity index (χ1) is 12.0. The van der Waals surface area contributed by atoms with Crippen molar-refractivity contribution < 1.29 is 4.74 Å². The van der Waals surface area contributed by atoms with Crippen LogP contribution in [0.25, 0.3) is 0 Å². The number of guanidine groups is 1. The Bertz CT molecular complexity index is 711. The topological polar surface area (TPSA) is 58.5 Å². The third-order valence-electron chi connectivity index (χ3n) is 4.11. The van der Waals surface area contributed by atoms with E-state index >= 15 is 0 Å². The molecule has 0 aliphatic rings. The molecule has 26 heavy (non-hydrogen) atoms. The first-order valence-electron chi connectivity index (χ1n) is 8.54. The van der Waals surface area contributed by atoms with Gasteiger partial charge in [-0.2, -0.15) is 0 Å². The zero-order valence-electron chi connectivity index (χ0n) is 16.2. The Morgan fingerprint density at radius 3 is 2.42 bits per heavy atom. The van der Waals surface area contributed by atoms with Crippen molar-refractivity contribution in [2.24, 2.45) is 4.99 Å². The number of aliphatic imine (C=N–C) groups is 1. The zero-order chi connectivity index (χ0) is 18.2. The van der Waals surface area contributed by atoms with E-state index in [-0.39, 0.29) is 24.0 Å². The summed E-state index contributed by atoms with van der Waals surface area (Å²) in [7, 11) is 3.50. The molecule has 1 aromatic carbocycles. The van der Waals surface area contributed by atoms with Crippen molar-refractivity contribution in [3.8, 4) is 5.75 Å². The number of hydrogen-bond acceptors (Lipinski definition) is 4. The third kappa shape index (κ3) is 6.75. The molecule has 1 aromatic heterocycles. The maximum atomic E-state index is 5.38. The predicted octanol–water partition coefficient (Wildman–Crippen LogP) is 3.65. The second kappa shape index (κ2) is 11.4. The van der Waals surface area contributed by atoms with Gasteiger partial charge in [-0.25, -0.2) is 4.98 Å². The number of halogens is 1. The van der Waals surface area contributed by atoms with Gasteiger partial charge < -0.3 is 15.4 Å². The standard InChI is InChI=1S/C19H28N4OS.HI/c1-13-6-7-16(12-17(13)24-5)8-10-21-19(20-4)22-11-9-18-23-14(2)15(3)25-18;/h6-7,12H,8-11H2,1-5H3,(H2,20,21,22);1H. The smallest absolute Gasteiger partial charge is 0.191 e. The first kappa shape index (κ1) is 22.7. The third-order valence-corrected chi connectivity index (χ3v) is 5.24. The molecule has 0 saturated heterocycles. The van der Waals surface area contributed by atoms with Crippen molar-refractivity contribution in [3.05, 3.63) is 44.9 Å². The fourth-order valence-corrected chi connectivity index (χ4v) is 3.43. The summed E-state index contributed by atoms with van der Waals surface area (Å²) in [6.07, 6.45) is 1.83. The first-order valence-corrected chi connectivity index (χ1v) is 9.36. The molecular formula is C19H29IN4OS. The Morgan fingerprint density at radius 2 is 1.85 bits per heavy atom. The number of thiazole rings is 1. The van der Waals surface area contributed by atoms with Crippen molar-refractivity contribution in [1.82, 2.24) is 15.6 Å². The Morgan fingerprint density at radius 1 is 1.15 bits per heavy atom. The minimum atomic E-state index is 0. The van der Waals surface area contributed by atoms with E-state index in [2.05, 4.69) is 59.6 Å². The highest BCUT2D eigenvalue weighted by Gasteiger charge is 2.05. The number of aromatic nitrogens is 1. The Balaban J connectivity index is 0.00000338. The lowest BCUT2D eigenvalue weighted by Gasteiger charge is -2.12. The summed E-state index contributed by atoms with van der Waals surface area (Å²) in [5.74, 6) is 1.76. The molecule has 0 aliphatic heterocycles. The predicted molar refractivity (Wildman–Crippen MR) is 122 cm³/mol. The maximum Gasteiger partial charge on any atom is 0.191 e. The van der Waals surface area contributed by atoms with Crippen LogP contribution in [-0.2, 0) is 12.8 Å². The fraction of sp³-hybridized carbons (Fsp3) is 0.474. The number of methoxy groups -OCH3 is 1. The molecule has 0 atom stereocenters. The molecular weight excluding hydrogens is 459 g/mol. The summed E-state index contributed by atoms with van der Waals surface area (Å²) < 4.78 is 5.38. The Kier molecular flexibility index (Phi) is 9.93. The van der Waals surface area contributed by atoms with Gasteiger partial charge in [0, 0.05) is 31.4 Å². The van der Waals surface area contributed by atoms with Crippen molar-refractivity contribution in [2.75, 3.05) is 27.2 Å². The highest BCUT2D eigenvalue weighted by Crippen LogP contribution is 2.19. The number of benzene rings is 1. The van der Waals surface area contributed by atoms with Crippen molar-refractivity contribution in [1.29, 1.82) is 0 Å². The van der Waals surface area contributed by atoms with Gasteiger partial charge in [0.25, 0.3) is 0 Å². The average Bonchev–Trinajstić information content (AvgIpc) is 2.92. The summed E-state index contributed by atoms with van der Waals surface area (Å²) in [4.78, 5) is 10.1. The number of rotatable bonds is 7. The Hall–Kier alpha value is -1.35. The number of nitrogens with one attached hydrogen (secondary N) is 2. The van der Waals surface area contributed by atoms with Crippen LogP contribution in [0, 0.1) is 20.8 Å². The minimum absolute atomic E-state index is 0. The number of aryl methyl sites for hydroxylation is 3. The van der Waals surface area contributed by atoms with Gasteiger partial charge in [-0.05, 0) is 44.4 Å². The molecule has 5 nitrogen and oxygen atoms in total.